The van der Waals surface area contributed by atoms with Crippen molar-refractivity contribution in [1.82, 2.24) is 0 Å². The predicted octanol–water partition coefficient (Wildman–Crippen LogP) is 2.57. The third kappa shape index (κ3) is 5.28. The van der Waals surface area contributed by atoms with Gasteiger partial charge in [0.15, 0.2) is 5.78 Å². The van der Waals surface area contributed by atoms with E-state index >= 15 is 0 Å². The molecule has 0 aliphatic heterocycles. The molecule has 0 aromatic heterocycles. The number of ketones is 1. The van der Waals surface area contributed by atoms with Crippen LogP contribution in [0, 0.1) is 0 Å². The van der Waals surface area contributed by atoms with Crippen LogP contribution in [-0.2, 0) is 14.3 Å². The van der Waals surface area contributed by atoms with Gasteiger partial charge in [0.2, 0.25) is 0 Å². The zero-order valence-corrected chi connectivity index (χ0v) is 11.0. The van der Waals surface area contributed by atoms with Gasteiger partial charge in [-0.25, -0.2) is 0 Å². The lowest BCUT2D eigenvalue weighted by molar-refractivity contribution is -0.158. The summed E-state index contributed by atoms with van der Waals surface area (Å²) in [6.07, 6.45) is -0.326. The minimum atomic E-state index is -0.775. The lowest BCUT2D eigenvalue weighted by Gasteiger charge is -2.29. The number of hydrogen-bond acceptors (Lipinski definition) is 3. The van der Waals surface area contributed by atoms with Crippen LogP contribution in [0.3, 0.4) is 0 Å². The molecule has 1 atom stereocenters. The summed E-state index contributed by atoms with van der Waals surface area (Å²) in [5.74, 6) is -0.00935. The highest BCUT2D eigenvalue weighted by atomic mass is 16.5. The fourth-order valence-electron chi connectivity index (χ4n) is 1.61. The quantitative estimate of drug-likeness (QED) is 0.684. The number of carbonyl (C=O) groups excluding carboxylic acids is 1. The first-order chi connectivity index (χ1) is 6.66. The lowest BCUT2D eigenvalue weighted by Crippen LogP contribution is -2.44. The molecule has 3 heteroatoms. The summed E-state index contributed by atoms with van der Waals surface area (Å²) in [5.41, 5.74) is -0.775. The van der Waals surface area contributed by atoms with Crippen LogP contribution in [0.1, 0.15) is 48.5 Å². The van der Waals surface area contributed by atoms with Gasteiger partial charge in [-0.15, -0.1) is 0 Å². The Balaban J connectivity index is 4.40. The van der Waals surface area contributed by atoms with Crippen LogP contribution in [0.4, 0.5) is 0 Å². The topological polar surface area (TPSA) is 35.5 Å². The number of ether oxygens (including phenoxy) is 2. The summed E-state index contributed by atoms with van der Waals surface area (Å²) in [4.78, 5) is 12.0. The molecule has 0 bridgehead atoms. The molecular weight excluding hydrogens is 192 g/mol. The predicted molar refractivity (Wildman–Crippen MR) is 61.0 cm³/mol. The zero-order valence-electron chi connectivity index (χ0n) is 11.0. The van der Waals surface area contributed by atoms with E-state index in [1.165, 1.54) is 0 Å². The summed E-state index contributed by atoms with van der Waals surface area (Å²) in [6.45, 7) is 13.0. The minimum absolute atomic E-state index is 0.00935. The molecule has 0 rings (SSSR count). The number of hydrogen-bond donors (Lipinski definition) is 0. The Morgan fingerprint density at radius 1 is 1.00 bits per heavy atom. The minimum Gasteiger partial charge on any atom is -0.368 e. The van der Waals surface area contributed by atoms with Crippen molar-refractivity contribution in [2.75, 3.05) is 0 Å². The summed E-state index contributed by atoms with van der Waals surface area (Å²) in [5, 5.41) is 0. The van der Waals surface area contributed by atoms with Gasteiger partial charge in [0, 0.05) is 0 Å². The van der Waals surface area contributed by atoms with Crippen molar-refractivity contribution in [1.29, 1.82) is 0 Å². The van der Waals surface area contributed by atoms with E-state index in [0.717, 1.165) is 0 Å². The first-order valence-corrected chi connectivity index (χ1v) is 5.54. The molecule has 0 heterocycles. The van der Waals surface area contributed by atoms with Crippen LogP contribution in [0.15, 0.2) is 0 Å². The molecule has 0 aromatic carbocycles. The Labute approximate surface area is 93.1 Å². The fraction of sp³-hybridized carbons (Fsp3) is 0.917. The van der Waals surface area contributed by atoms with Crippen molar-refractivity contribution in [2.45, 2.75) is 72.4 Å². The van der Waals surface area contributed by atoms with Gasteiger partial charge in [0.25, 0.3) is 0 Å². The second-order valence-corrected chi connectivity index (χ2v) is 4.87. The molecule has 0 spiro atoms. The van der Waals surface area contributed by atoms with E-state index in [9.17, 15) is 4.79 Å². The molecule has 0 aromatic rings. The Kier molecular flexibility index (Phi) is 5.46. The van der Waals surface area contributed by atoms with Crippen LogP contribution < -0.4 is 0 Å². The first kappa shape index (κ1) is 14.6. The molecule has 1 unspecified atom stereocenters. The van der Waals surface area contributed by atoms with E-state index in [4.69, 9.17) is 9.47 Å². The monoisotopic (exact) mass is 216 g/mol. The molecule has 3 nitrogen and oxygen atoms in total. The Morgan fingerprint density at radius 3 is 1.80 bits per heavy atom. The average Bonchev–Trinajstić information content (AvgIpc) is 1.98. The summed E-state index contributed by atoms with van der Waals surface area (Å²) < 4.78 is 11.0. The summed E-state index contributed by atoms with van der Waals surface area (Å²) >= 11 is 0. The van der Waals surface area contributed by atoms with Gasteiger partial charge in [-0.2, -0.15) is 0 Å². The van der Waals surface area contributed by atoms with E-state index in [2.05, 4.69) is 0 Å². The molecule has 15 heavy (non-hydrogen) atoms. The largest absolute Gasteiger partial charge is 0.368 e. The van der Waals surface area contributed by atoms with Gasteiger partial charge in [-0.3, -0.25) is 4.79 Å². The second-order valence-electron chi connectivity index (χ2n) is 4.87. The SMILES string of the molecule is CC(C)OC(C)C(=O)C(C)(C)OC(C)C. The highest BCUT2D eigenvalue weighted by Crippen LogP contribution is 2.17. The van der Waals surface area contributed by atoms with Crippen molar-refractivity contribution >= 4 is 5.78 Å². The zero-order chi connectivity index (χ0) is 12.2. The van der Waals surface area contributed by atoms with Crippen molar-refractivity contribution in [2.24, 2.45) is 0 Å². The molecule has 0 N–H and O–H groups in total. The van der Waals surface area contributed by atoms with Gasteiger partial charge in [-0.1, -0.05) is 0 Å². The number of Topliss-reactive ketones (excluding diaryl/α,β-unsaturated/α-hetero) is 1. The normalized spacial score (nSPS) is 14.7. The van der Waals surface area contributed by atoms with Crippen LogP contribution >= 0.6 is 0 Å². The molecule has 0 radical (unpaired) electrons. The molecule has 0 fully saturated rings. The van der Waals surface area contributed by atoms with Gasteiger partial charge >= 0.3 is 0 Å². The van der Waals surface area contributed by atoms with Crippen molar-refractivity contribution < 1.29 is 14.3 Å². The maximum absolute atomic E-state index is 12.0. The van der Waals surface area contributed by atoms with Crippen molar-refractivity contribution in [3.8, 4) is 0 Å². The average molecular weight is 216 g/mol. The highest BCUT2D eigenvalue weighted by molar-refractivity contribution is 5.90. The highest BCUT2D eigenvalue weighted by Gasteiger charge is 2.34. The third-order valence-corrected chi connectivity index (χ3v) is 1.97. The standard InChI is InChI=1S/C12H24O3/c1-8(2)14-10(5)11(13)12(6,7)15-9(3)4/h8-10H,1-7H3. The molecule has 0 saturated carbocycles. The maximum atomic E-state index is 12.0. The second kappa shape index (κ2) is 5.61. The Bertz CT molecular complexity index is 207. The Hall–Kier alpha value is -0.410. The van der Waals surface area contributed by atoms with E-state index < -0.39 is 11.7 Å². The molecule has 0 aliphatic carbocycles. The molecule has 0 saturated heterocycles. The smallest absolute Gasteiger partial charge is 0.192 e. The lowest BCUT2D eigenvalue weighted by atomic mass is 9.99. The fourth-order valence-corrected chi connectivity index (χ4v) is 1.61. The molecule has 90 valence electrons. The molecule has 0 aliphatic rings. The van der Waals surface area contributed by atoms with E-state index in [1.54, 1.807) is 20.8 Å². The van der Waals surface area contributed by atoms with Crippen molar-refractivity contribution in [3.63, 3.8) is 0 Å². The van der Waals surface area contributed by atoms with Gasteiger partial charge in [-0.05, 0) is 48.5 Å². The molecular formula is C12H24O3. The van der Waals surface area contributed by atoms with E-state index in [1.807, 2.05) is 27.7 Å². The van der Waals surface area contributed by atoms with Crippen LogP contribution in [-0.4, -0.2) is 29.7 Å². The molecule has 0 amide bonds. The summed E-state index contributed by atoms with van der Waals surface area (Å²) in [6, 6.07) is 0. The van der Waals surface area contributed by atoms with Gasteiger partial charge in [0.1, 0.15) is 11.7 Å². The van der Waals surface area contributed by atoms with Crippen LogP contribution in [0.2, 0.25) is 0 Å². The number of carbonyl (C=O) groups is 1. The van der Waals surface area contributed by atoms with E-state index in [-0.39, 0.29) is 18.0 Å². The number of rotatable bonds is 6. The first-order valence-electron chi connectivity index (χ1n) is 5.54. The van der Waals surface area contributed by atoms with Gasteiger partial charge < -0.3 is 9.47 Å². The Morgan fingerprint density at radius 2 is 1.47 bits per heavy atom. The van der Waals surface area contributed by atoms with Crippen molar-refractivity contribution in [3.05, 3.63) is 0 Å². The van der Waals surface area contributed by atoms with Gasteiger partial charge in [0.05, 0.1) is 12.2 Å². The van der Waals surface area contributed by atoms with Crippen LogP contribution in [0.25, 0.3) is 0 Å². The van der Waals surface area contributed by atoms with Crippen LogP contribution in [0.5, 0.6) is 0 Å². The van der Waals surface area contributed by atoms with E-state index in [0.29, 0.717) is 0 Å². The maximum Gasteiger partial charge on any atom is 0.192 e. The summed E-state index contributed by atoms with van der Waals surface area (Å²) in [7, 11) is 0. The third-order valence-electron chi connectivity index (χ3n) is 1.97.